The van der Waals surface area contributed by atoms with Crippen molar-refractivity contribution >= 4 is 45.4 Å². The van der Waals surface area contributed by atoms with Crippen molar-refractivity contribution in [3.8, 4) is 11.5 Å². The molecular formula is C38H45ClN4O8S. The maximum Gasteiger partial charge on any atom is 0.408 e. The molecule has 278 valence electrons. The largest absolute Gasteiger partial charge is 0.457 e. The number of carbonyl (C=O) groups is 4. The van der Waals surface area contributed by atoms with E-state index in [1.54, 1.807) is 30.3 Å². The summed E-state index contributed by atoms with van der Waals surface area (Å²) in [5.74, 6) is -1.14. The van der Waals surface area contributed by atoms with Crippen molar-refractivity contribution in [3.05, 3.63) is 70.8 Å². The van der Waals surface area contributed by atoms with Crippen LogP contribution >= 0.6 is 11.6 Å². The van der Waals surface area contributed by atoms with Crippen LogP contribution in [0.5, 0.6) is 11.5 Å². The molecule has 3 saturated carbocycles. The maximum absolute atomic E-state index is 14.5. The van der Waals surface area contributed by atoms with Crippen molar-refractivity contribution < 1.29 is 37.1 Å². The van der Waals surface area contributed by atoms with Crippen LogP contribution in [0.15, 0.2) is 54.6 Å². The van der Waals surface area contributed by atoms with Gasteiger partial charge in [-0.1, -0.05) is 48.7 Å². The molecule has 0 bridgehead atoms. The Balaban J connectivity index is 1.19. The molecule has 52 heavy (non-hydrogen) atoms. The summed E-state index contributed by atoms with van der Waals surface area (Å²) in [6, 6.07) is 10.4. The predicted octanol–water partition coefficient (Wildman–Crippen LogP) is 5.43. The molecule has 2 aromatic carbocycles. The van der Waals surface area contributed by atoms with Crippen LogP contribution in [0.3, 0.4) is 0 Å². The van der Waals surface area contributed by atoms with E-state index in [4.69, 9.17) is 21.1 Å². The van der Waals surface area contributed by atoms with E-state index >= 15 is 0 Å². The van der Waals surface area contributed by atoms with Gasteiger partial charge in [0.2, 0.25) is 21.8 Å². The molecule has 0 saturated heterocycles. The summed E-state index contributed by atoms with van der Waals surface area (Å²) in [4.78, 5) is 57.3. The fourth-order valence-corrected chi connectivity index (χ4v) is 9.11. The highest BCUT2D eigenvalue weighted by molar-refractivity contribution is 7.91. The third kappa shape index (κ3) is 8.25. The van der Waals surface area contributed by atoms with Crippen LogP contribution in [0.2, 0.25) is 5.02 Å². The molecule has 4 amide bonds. The Bertz CT molecular complexity index is 1860. The Morgan fingerprint density at radius 2 is 1.69 bits per heavy atom. The second kappa shape index (κ2) is 15.1. The van der Waals surface area contributed by atoms with E-state index in [-0.39, 0.29) is 25.5 Å². The van der Waals surface area contributed by atoms with Crippen LogP contribution in [0.1, 0.15) is 88.2 Å². The van der Waals surface area contributed by atoms with Crippen LogP contribution in [0.25, 0.3) is 0 Å². The van der Waals surface area contributed by atoms with Gasteiger partial charge in [-0.25, -0.2) is 13.2 Å². The lowest BCUT2D eigenvalue weighted by molar-refractivity contribution is -0.144. The number of benzene rings is 2. The molecule has 0 spiro atoms. The molecule has 2 aliphatic heterocycles. The van der Waals surface area contributed by atoms with Gasteiger partial charge in [0.15, 0.2) is 0 Å². The Labute approximate surface area is 309 Å². The number of fused-ring (bicyclic) bond motifs is 3. The Morgan fingerprint density at radius 1 is 0.923 bits per heavy atom. The molecule has 14 heteroatoms. The van der Waals surface area contributed by atoms with Gasteiger partial charge in [0.25, 0.3) is 5.91 Å². The van der Waals surface area contributed by atoms with Gasteiger partial charge >= 0.3 is 6.09 Å². The minimum absolute atomic E-state index is 0.0676. The summed E-state index contributed by atoms with van der Waals surface area (Å²) in [6.45, 7) is 0.0676. The lowest BCUT2D eigenvalue weighted by Gasteiger charge is -2.39. The molecule has 0 radical (unpaired) electrons. The lowest BCUT2D eigenvalue weighted by Crippen LogP contribution is -2.61. The quantitative estimate of drug-likeness (QED) is 0.316. The third-order valence-corrected chi connectivity index (χ3v) is 12.8. The normalized spacial score (nSPS) is 27.4. The van der Waals surface area contributed by atoms with E-state index in [0.717, 1.165) is 49.7 Å². The number of allylic oxidation sites excluding steroid dienone is 1. The van der Waals surface area contributed by atoms with Crippen molar-refractivity contribution in [3.63, 3.8) is 0 Å². The Kier molecular flexibility index (Phi) is 10.5. The van der Waals surface area contributed by atoms with Crippen LogP contribution in [0.4, 0.5) is 4.79 Å². The van der Waals surface area contributed by atoms with Gasteiger partial charge < -0.3 is 25.0 Å². The van der Waals surface area contributed by atoms with Crippen LogP contribution in [0, 0.1) is 5.92 Å². The van der Waals surface area contributed by atoms with Crippen LogP contribution in [-0.4, -0.2) is 66.1 Å². The number of ether oxygens (including phenoxy) is 2. The van der Waals surface area contributed by atoms with E-state index < -0.39 is 62.6 Å². The lowest BCUT2D eigenvalue weighted by atomic mass is 9.91. The summed E-state index contributed by atoms with van der Waals surface area (Å²) in [5.41, 5.74) is 0.0930. The predicted molar refractivity (Wildman–Crippen MR) is 193 cm³/mol. The SMILES string of the molecule is O=C(N[C@H]1CCCCC/C=C\[C@H]2C[C@@]2(C(=O)NS(=O)(=O)C2CC2)NC(=O)[C@@H]2Cc3cc(Oc4cccc(Cl)c4)ccc3CN2C1=O)OC1CCCC1. The summed E-state index contributed by atoms with van der Waals surface area (Å²) in [6.07, 6.45) is 11.2. The smallest absolute Gasteiger partial charge is 0.408 e. The van der Waals surface area contributed by atoms with E-state index in [1.165, 1.54) is 4.90 Å². The highest BCUT2D eigenvalue weighted by Crippen LogP contribution is 2.46. The number of hydrogen-bond donors (Lipinski definition) is 3. The molecule has 12 nitrogen and oxygen atoms in total. The molecule has 4 atom stereocenters. The molecule has 5 aliphatic rings. The molecule has 0 unspecified atom stereocenters. The second-order valence-corrected chi connectivity index (χ2v) is 17.1. The van der Waals surface area contributed by atoms with Crippen molar-refractivity contribution in [1.29, 1.82) is 0 Å². The average Bonchev–Trinajstić information content (AvgIpc) is 4.03. The van der Waals surface area contributed by atoms with E-state index in [1.807, 2.05) is 24.3 Å². The summed E-state index contributed by atoms with van der Waals surface area (Å²) >= 11 is 6.16. The number of nitrogens with zero attached hydrogens (tertiary/aromatic N) is 1. The molecule has 2 heterocycles. The number of carbonyl (C=O) groups excluding carboxylic acids is 4. The number of hydrogen-bond acceptors (Lipinski definition) is 8. The number of alkyl carbamates (subject to hydrolysis) is 1. The van der Waals surface area contributed by atoms with Gasteiger partial charge in [0, 0.05) is 23.9 Å². The molecule has 0 aromatic heterocycles. The Hall–Kier alpha value is -4.10. The van der Waals surface area contributed by atoms with Crippen LogP contribution < -0.4 is 20.1 Å². The van der Waals surface area contributed by atoms with Crippen molar-refractivity contribution in [2.24, 2.45) is 5.92 Å². The topological polar surface area (TPSA) is 160 Å². The maximum atomic E-state index is 14.5. The number of halogens is 1. The van der Waals surface area contributed by atoms with E-state index in [2.05, 4.69) is 15.4 Å². The zero-order chi connectivity index (χ0) is 36.5. The first-order valence-corrected chi connectivity index (χ1v) is 20.3. The number of sulfonamides is 1. The second-order valence-electron chi connectivity index (χ2n) is 14.7. The zero-order valence-electron chi connectivity index (χ0n) is 29.0. The fraction of sp³-hybridized carbons (Fsp3) is 0.526. The number of nitrogens with one attached hydrogen (secondary N) is 3. The zero-order valence-corrected chi connectivity index (χ0v) is 30.6. The molecule has 7 rings (SSSR count). The Morgan fingerprint density at radius 3 is 2.46 bits per heavy atom. The highest BCUT2D eigenvalue weighted by Gasteiger charge is 2.62. The van der Waals surface area contributed by atoms with Crippen molar-refractivity contribution in [2.45, 2.75) is 119 Å². The van der Waals surface area contributed by atoms with E-state index in [0.29, 0.717) is 48.6 Å². The standard InChI is InChI=1S/C38H45ClN4O8S/c39-27-10-8-13-29(21-27)50-30-16-15-24-23-43-33(20-25(24)19-30)34(44)41-38(36(46)42-52(48,49)31-17-18-31)22-26(38)9-4-2-1-3-5-14-32(35(43)45)40-37(47)51-28-11-6-7-12-28/h4,8-10,13,15-16,19,21,26,28,31-33H,1-3,5-7,11-12,14,17-18,20,22-23H2,(H,40,47)(H,41,44)(H,42,46)/b9-4-/t26-,32-,33-,38+/m0/s1. The first-order chi connectivity index (χ1) is 25.0. The van der Waals surface area contributed by atoms with Crippen molar-refractivity contribution in [2.75, 3.05) is 0 Å². The minimum atomic E-state index is -3.88. The molecular weight excluding hydrogens is 708 g/mol. The molecule has 2 aromatic rings. The van der Waals surface area contributed by atoms with Crippen molar-refractivity contribution in [1.82, 2.24) is 20.3 Å². The fourth-order valence-electron chi connectivity index (χ4n) is 7.56. The third-order valence-electron chi connectivity index (χ3n) is 10.8. The van der Waals surface area contributed by atoms with Gasteiger partial charge in [0.1, 0.15) is 35.2 Å². The summed E-state index contributed by atoms with van der Waals surface area (Å²) in [7, 11) is -3.88. The summed E-state index contributed by atoms with van der Waals surface area (Å²) in [5, 5.41) is 5.64. The number of rotatable bonds is 7. The van der Waals surface area contributed by atoms with Gasteiger partial charge in [0.05, 0.1) is 5.25 Å². The first kappa shape index (κ1) is 36.3. The average molecular weight is 753 g/mol. The van der Waals surface area contributed by atoms with Crippen LogP contribution in [-0.2, 0) is 42.1 Å². The monoisotopic (exact) mass is 752 g/mol. The van der Waals surface area contributed by atoms with Gasteiger partial charge in [-0.3, -0.25) is 19.1 Å². The minimum Gasteiger partial charge on any atom is -0.457 e. The highest BCUT2D eigenvalue weighted by atomic mass is 35.5. The van der Waals surface area contributed by atoms with E-state index in [9.17, 15) is 27.6 Å². The molecule has 3 N–H and O–H groups in total. The van der Waals surface area contributed by atoms with Gasteiger partial charge in [-0.2, -0.15) is 0 Å². The first-order valence-electron chi connectivity index (χ1n) is 18.4. The number of amides is 4. The molecule has 3 aliphatic carbocycles. The van der Waals surface area contributed by atoms with Gasteiger partial charge in [-0.05, 0) is 106 Å². The van der Waals surface area contributed by atoms with Gasteiger partial charge in [-0.15, -0.1) is 0 Å². The molecule has 3 fully saturated rings. The summed E-state index contributed by atoms with van der Waals surface area (Å²) < 4.78 is 39.6.